The zero-order chi connectivity index (χ0) is 12.5. The summed E-state index contributed by atoms with van der Waals surface area (Å²) in [5, 5.41) is 28.6. The molecule has 0 spiro atoms. The molecular weight excluding hydrogens is 214 g/mol. The van der Waals surface area contributed by atoms with Gasteiger partial charge in [0, 0.05) is 14.1 Å². The van der Waals surface area contributed by atoms with Crippen molar-refractivity contribution in [3.63, 3.8) is 0 Å². The normalized spacial score (nSPS) is 39.5. The average molecular weight is 233 g/mol. The number of amides is 1. The highest BCUT2D eigenvalue weighted by Gasteiger charge is 2.42. The summed E-state index contributed by atoms with van der Waals surface area (Å²) in [6, 6.07) is 0. The van der Waals surface area contributed by atoms with Crippen molar-refractivity contribution in [1.29, 1.82) is 0 Å². The molecule has 1 rings (SSSR count). The Morgan fingerprint density at radius 3 is 2.25 bits per heavy atom. The zero-order valence-electron chi connectivity index (χ0n) is 9.70. The predicted octanol–water partition coefficient (Wildman–Crippen LogP) is -1.67. The monoisotopic (exact) mass is 233 g/mol. The van der Waals surface area contributed by atoms with E-state index in [1.807, 2.05) is 0 Å². The van der Waals surface area contributed by atoms with E-state index in [-0.39, 0.29) is 12.3 Å². The van der Waals surface area contributed by atoms with Gasteiger partial charge in [-0.1, -0.05) is 0 Å². The van der Waals surface area contributed by atoms with Crippen LogP contribution in [-0.2, 0) is 9.53 Å². The minimum atomic E-state index is -1.27. The fourth-order valence-electron chi connectivity index (χ4n) is 1.66. The van der Waals surface area contributed by atoms with Gasteiger partial charge in [-0.25, -0.2) is 0 Å². The van der Waals surface area contributed by atoms with Crippen LogP contribution >= 0.6 is 0 Å². The maximum Gasteiger partial charge on any atom is 0.224 e. The molecule has 0 radical (unpaired) electrons. The number of hydrogen-bond acceptors (Lipinski definition) is 5. The first-order valence-corrected chi connectivity index (χ1v) is 5.24. The smallest absolute Gasteiger partial charge is 0.224 e. The van der Waals surface area contributed by atoms with Crippen LogP contribution in [0.4, 0.5) is 0 Å². The number of carbonyl (C=O) groups is 1. The van der Waals surface area contributed by atoms with Crippen molar-refractivity contribution in [1.82, 2.24) is 4.90 Å². The molecule has 0 bridgehead atoms. The van der Waals surface area contributed by atoms with E-state index >= 15 is 0 Å². The molecule has 5 atom stereocenters. The molecule has 0 aromatic heterocycles. The lowest BCUT2D eigenvalue weighted by Crippen LogP contribution is -2.57. The topological polar surface area (TPSA) is 90.2 Å². The second-order valence-corrected chi connectivity index (χ2v) is 4.34. The van der Waals surface area contributed by atoms with E-state index in [1.54, 1.807) is 21.0 Å². The fraction of sp³-hybridized carbons (Fsp3) is 0.900. The fourth-order valence-corrected chi connectivity index (χ4v) is 1.66. The Morgan fingerprint density at radius 2 is 1.75 bits per heavy atom. The molecule has 1 aliphatic heterocycles. The molecule has 6 heteroatoms. The molecule has 94 valence electrons. The van der Waals surface area contributed by atoms with Gasteiger partial charge in [0.25, 0.3) is 0 Å². The van der Waals surface area contributed by atoms with Crippen LogP contribution in [0.2, 0.25) is 0 Å². The van der Waals surface area contributed by atoms with E-state index in [1.165, 1.54) is 4.90 Å². The third kappa shape index (κ3) is 2.70. The summed E-state index contributed by atoms with van der Waals surface area (Å²) in [4.78, 5) is 12.8. The van der Waals surface area contributed by atoms with Crippen LogP contribution < -0.4 is 0 Å². The van der Waals surface area contributed by atoms with E-state index in [0.29, 0.717) is 0 Å². The standard InChI is InChI=1S/C10H19NO5/c1-5-8(13)10(15)9(14)6(16-5)4-7(12)11(2)3/h5-6,8-10,13-15H,4H2,1-3H3/t5-,6?,8+,9-,10-/m0/s1. The Bertz CT molecular complexity index is 258. The highest BCUT2D eigenvalue weighted by Crippen LogP contribution is 2.23. The maximum atomic E-state index is 11.4. The van der Waals surface area contributed by atoms with Crippen molar-refractivity contribution in [3.8, 4) is 0 Å². The van der Waals surface area contributed by atoms with Gasteiger partial charge in [0.05, 0.1) is 18.6 Å². The van der Waals surface area contributed by atoms with E-state index in [9.17, 15) is 20.1 Å². The third-order valence-corrected chi connectivity index (χ3v) is 2.83. The van der Waals surface area contributed by atoms with Crippen molar-refractivity contribution in [3.05, 3.63) is 0 Å². The number of ether oxygens (including phenoxy) is 1. The van der Waals surface area contributed by atoms with Gasteiger partial charge in [-0.3, -0.25) is 4.79 Å². The molecule has 0 aliphatic carbocycles. The van der Waals surface area contributed by atoms with Crippen LogP contribution in [0.25, 0.3) is 0 Å². The Morgan fingerprint density at radius 1 is 1.19 bits per heavy atom. The Kier molecular flexibility index (Phi) is 4.26. The third-order valence-electron chi connectivity index (χ3n) is 2.83. The van der Waals surface area contributed by atoms with Gasteiger partial charge in [-0.05, 0) is 6.92 Å². The summed E-state index contributed by atoms with van der Waals surface area (Å²) in [7, 11) is 3.21. The number of aliphatic hydroxyl groups is 3. The Hall–Kier alpha value is -0.690. The first-order valence-electron chi connectivity index (χ1n) is 5.24. The predicted molar refractivity (Wildman–Crippen MR) is 55.7 cm³/mol. The molecule has 1 fully saturated rings. The van der Waals surface area contributed by atoms with Crippen LogP contribution in [0.15, 0.2) is 0 Å². The summed E-state index contributed by atoms with van der Waals surface area (Å²) in [6.07, 6.45) is -5.02. The van der Waals surface area contributed by atoms with Crippen LogP contribution in [0.1, 0.15) is 13.3 Å². The summed E-state index contributed by atoms with van der Waals surface area (Å²) in [5.74, 6) is -0.195. The highest BCUT2D eigenvalue weighted by atomic mass is 16.5. The average Bonchev–Trinajstić information content (AvgIpc) is 2.22. The SMILES string of the molecule is C[C@@H]1OC(CC(=O)N(C)C)[C@H](O)[C@@H](O)[C@@H]1O. The Balaban J connectivity index is 2.64. The van der Waals surface area contributed by atoms with Gasteiger partial charge < -0.3 is 25.0 Å². The van der Waals surface area contributed by atoms with Crippen molar-refractivity contribution in [2.75, 3.05) is 14.1 Å². The zero-order valence-corrected chi connectivity index (χ0v) is 9.70. The second-order valence-electron chi connectivity index (χ2n) is 4.34. The molecule has 1 saturated heterocycles. The van der Waals surface area contributed by atoms with Crippen LogP contribution in [0.3, 0.4) is 0 Å². The quantitative estimate of drug-likeness (QED) is 0.531. The van der Waals surface area contributed by atoms with Crippen molar-refractivity contribution >= 4 is 5.91 Å². The van der Waals surface area contributed by atoms with Crippen LogP contribution in [0, 0.1) is 0 Å². The molecule has 1 unspecified atom stereocenters. The molecule has 16 heavy (non-hydrogen) atoms. The lowest BCUT2D eigenvalue weighted by molar-refractivity contribution is -0.218. The summed E-state index contributed by atoms with van der Waals surface area (Å²) in [5.41, 5.74) is 0. The second kappa shape index (κ2) is 5.09. The first kappa shape index (κ1) is 13.4. The summed E-state index contributed by atoms with van der Waals surface area (Å²) in [6.45, 7) is 1.59. The lowest BCUT2D eigenvalue weighted by atomic mass is 9.94. The summed E-state index contributed by atoms with van der Waals surface area (Å²) >= 11 is 0. The maximum absolute atomic E-state index is 11.4. The van der Waals surface area contributed by atoms with Gasteiger partial charge in [0.2, 0.25) is 5.91 Å². The highest BCUT2D eigenvalue weighted by molar-refractivity contribution is 5.76. The molecular formula is C10H19NO5. The minimum absolute atomic E-state index is 0.0116. The van der Waals surface area contributed by atoms with E-state index in [4.69, 9.17) is 4.74 Å². The van der Waals surface area contributed by atoms with E-state index in [0.717, 1.165) is 0 Å². The van der Waals surface area contributed by atoms with Gasteiger partial charge in [-0.2, -0.15) is 0 Å². The molecule has 1 aliphatic rings. The van der Waals surface area contributed by atoms with Crippen molar-refractivity contribution < 1.29 is 24.9 Å². The molecule has 0 aromatic rings. The minimum Gasteiger partial charge on any atom is -0.388 e. The van der Waals surface area contributed by atoms with E-state index in [2.05, 4.69) is 0 Å². The van der Waals surface area contributed by atoms with Crippen LogP contribution in [-0.4, -0.2) is 70.7 Å². The first-order chi connectivity index (χ1) is 7.34. The van der Waals surface area contributed by atoms with E-state index < -0.39 is 30.5 Å². The number of rotatable bonds is 2. The molecule has 3 N–H and O–H groups in total. The molecule has 1 amide bonds. The van der Waals surface area contributed by atoms with Gasteiger partial charge in [0.15, 0.2) is 0 Å². The van der Waals surface area contributed by atoms with Gasteiger partial charge in [0.1, 0.15) is 18.3 Å². The molecule has 6 nitrogen and oxygen atoms in total. The van der Waals surface area contributed by atoms with Gasteiger partial charge >= 0.3 is 0 Å². The number of hydrogen-bond donors (Lipinski definition) is 3. The van der Waals surface area contributed by atoms with Crippen molar-refractivity contribution in [2.45, 2.75) is 43.9 Å². The lowest BCUT2D eigenvalue weighted by Gasteiger charge is -2.39. The number of aliphatic hydroxyl groups excluding tert-OH is 3. The molecule has 1 heterocycles. The largest absolute Gasteiger partial charge is 0.388 e. The number of nitrogens with zero attached hydrogens (tertiary/aromatic N) is 1. The van der Waals surface area contributed by atoms with Crippen molar-refractivity contribution in [2.24, 2.45) is 0 Å². The number of carbonyl (C=O) groups excluding carboxylic acids is 1. The molecule has 0 aromatic carbocycles. The van der Waals surface area contributed by atoms with Gasteiger partial charge in [-0.15, -0.1) is 0 Å². The van der Waals surface area contributed by atoms with Crippen LogP contribution in [0.5, 0.6) is 0 Å². The Labute approximate surface area is 94.4 Å². The summed E-state index contributed by atoms with van der Waals surface area (Å²) < 4.78 is 5.29. The molecule has 0 saturated carbocycles.